The molecule has 1 atom stereocenters. The molecule has 0 aliphatic rings. The summed E-state index contributed by atoms with van der Waals surface area (Å²) < 4.78 is 10.2. The summed E-state index contributed by atoms with van der Waals surface area (Å²) >= 11 is 0. The molecule has 0 aliphatic heterocycles. The van der Waals surface area contributed by atoms with E-state index in [2.05, 4.69) is 15.3 Å². The lowest BCUT2D eigenvalue weighted by Gasteiger charge is -2.20. The molecule has 3 rings (SSSR count). The molecule has 0 fully saturated rings. The van der Waals surface area contributed by atoms with Crippen LogP contribution in [0.15, 0.2) is 73.2 Å². The second-order valence-corrected chi connectivity index (χ2v) is 5.85. The number of rotatable bonds is 7. The molecule has 1 amide bonds. The largest absolute Gasteiger partial charge is 0.497 e. The van der Waals surface area contributed by atoms with Crippen LogP contribution in [0.1, 0.15) is 27.7 Å². The van der Waals surface area contributed by atoms with E-state index in [4.69, 9.17) is 9.47 Å². The van der Waals surface area contributed by atoms with Crippen LogP contribution in [0.5, 0.6) is 5.75 Å². The molecule has 0 bridgehead atoms. The third kappa shape index (κ3) is 4.91. The molecule has 28 heavy (non-hydrogen) atoms. The van der Waals surface area contributed by atoms with Crippen molar-refractivity contribution < 1.29 is 19.1 Å². The van der Waals surface area contributed by atoms with E-state index in [1.807, 2.05) is 54.6 Å². The summed E-state index contributed by atoms with van der Waals surface area (Å²) in [6, 6.07) is 16.5. The lowest BCUT2D eigenvalue weighted by Crippen LogP contribution is -2.33. The maximum absolute atomic E-state index is 12.4. The Hall–Kier alpha value is -3.74. The number of amides is 1. The van der Waals surface area contributed by atoms with Gasteiger partial charge in [-0.15, -0.1) is 0 Å². The zero-order valence-corrected chi connectivity index (χ0v) is 15.2. The number of carbonyl (C=O) groups excluding carboxylic acids is 2. The van der Waals surface area contributed by atoms with Gasteiger partial charge in [0, 0.05) is 12.4 Å². The summed E-state index contributed by atoms with van der Waals surface area (Å²) in [4.78, 5) is 32.0. The number of aromatic nitrogens is 2. The first-order valence-corrected chi connectivity index (χ1v) is 8.59. The van der Waals surface area contributed by atoms with Crippen molar-refractivity contribution in [2.75, 3.05) is 13.7 Å². The van der Waals surface area contributed by atoms with E-state index in [1.54, 1.807) is 7.11 Å². The van der Waals surface area contributed by atoms with Crippen LogP contribution in [-0.4, -0.2) is 35.6 Å². The van der Waals surface area contributed by atoms with Gasteiger partial charge in [-0.05, 0) is 23.3 Å². The molecule has 0 unspecified atom stereocenters. The van der Waals surface area contributed by atoms with Gasteiger partial charge in [0.1, 0.15) is 5.75 Å². The minimum absolute atomic E-state index is 0.0464. The monoisotopic (exact) mass is 377 g/mol. The SMILES string of the molecule is COc1ccc([C@@H](NC(=O)COC(=O)c2cnccn2)c2ccccc2)cc1. The number of benzene rings is 2. The van der Waals surface area contributed by atoms with E-state index >= 15 is 0 Å². The predicted octanol–water partition coefficient (Wildman–Crippen LogP) is 2.55. The molecule has 2 aromatic carbocycles. The zero-order chi connectivity index (χ0) is 19.8. The minimum atomic E-state index is -0.705. The van der Waals surface area contributed by atoms with Crippen molar-refractivity contribution in [1.82, 2.24) is 15.3 Å². The summed E-state index contributed by atoms with van der Waals surface area (Å²) in [5.74, 6) is -0.411. The van der Waals surface area contributed by atoms with E-state index in [1.165, 1.54) is 18.6 Å². The molecule has 0 saturated heterocycles. The van der Waals surface area contributed by atoms with Crippen molar-refractivity contribution >= 4 is 11.9 Å². The van der Waals surface area contributed by atoms with Crippen LogP contribution in [0.25, 0.3) is 0 Å². The van der Waals surface area contributed by atoms with Gasteiger partial charge >= 0.3 is 5.97 Å². The molecule has 7 heteroatoms. The Morgan fingerprint density at radius 1 is 1.00 bits per heavy atom. The first kappa shape index (κ1) is 19.0. The topological polar surface area (TPSA) is 90.4 Å². The van der Waals surface area contributed by atoms with E-state index in [0.29, 0.717) is 0 Å². The fourth-order valence-corrected chi connectivity index (χ4v) is 2.61. The number of ether oxygens (including phenoxy) is 2. The van der Waals surface area contributed by atoms with Crippen LogP contribution < -0.4 is 10.1 Å². The van der Waals surface area contributed by atoms with Gasteiger partial charge in [-0.1, -0.05) is 42.5 Å². The summed E-state index contributed by atoms with van der Waals surface area (Å²) in [5, 5.41) is 2.90. The Balaban J connectivity index is 1.70. The second kappa shape index (κ2) is 9.27. The highest BCUT2D eigenvalue weighted by Crippen LogP contribution is 2.24. The Kier molecular flexibility index (Phi) is 6.30. The molecule has 0 spiro atoms. The fourth-order valence-electron chi connectivity index (χ4n) is 2.61. The van der Waals surface area contributed by atoms with E-state index in [-0.39, 0.29) is 5.69 Å². The minimum Gasteiger partial charge on any atom is -0.497 e. The lowest BCUT2D eigenvalue weighted by molar-refractivity contribution is -0.124. The standard InChI is InChI=1S/C21H19N3O4/c1-27-17-9-7-16(8-10-17)20(15-5-3-2-4-6-15)24-19(25)14-28-21(26)18-13-22-11-12-23-18/h2-13,20H,14H2,1H3,(H,24,25)/t20-/m0/s1. The maximum Gasteiger partial charge on any atom is 0.359 e. The highest BCUT2D eigenvalue weighted by atomic mass is 16.5. The highest BCUT2D eigenvalue weighted by Gasteiger charge is 2.18. The molecule has 1 N–H and O–H groups in total. The normalized spacial score (nSPS) is 11.3. The van der Waals surface area contributed by atoms with E-state index in [9.17, 15) is 9.59 Å². The van der Waals surface area contributed by atoms with Crippen LogP contribution in [0, 0.1) is 0 Å². The smallest absolute Gasteiger partial charge is 0.359 e. The first-order chi connectivity index (χ1) is 13.7. The van der Waals surface area contributed by atoms with Gasteiger partial charge in [0.2, 0.25) is 0 Å². The molecule has 0 aliphatic carbocycles. The predicted molar refractivity (Wildman–Crippen MR) is 102 cm³/mol. The summed E-state index contributed by atoms with van der Waals surface area (Å²) in [7, 11) is 1.59. The van der Waals surface area contributed by atoms with Gasteiger partial charge in [0.25, 0.3) is 5.91 Å². The Bertz CT molecular complexity index is 915. The molecule has 7 nitrogen and oxygen atoms in total. The Morgan fingerprint density at radius 3 is 2.36 bits per heavy atom. The number of nitrogens with one attached hydrogen (secondary N) is 1. The van der Waals surface area contributed by atoms with Crippen LogP contribution in [0.4, 0.5) is 0 Å². The summed E-state index contributed by atoms with van der Waals surface area (Å²) in [6.45, 7) is -0.422. The molecular formula is C21H19N3O4. The number of hydrogen-bond acceptors (Lipinski definition) is 6. The second-order valence-electron chi connectivity index (χ2n) is 5.85. The van der Waals surface area contributed by atoms with Crippen LogP contribution in [-0.2, 0) is 9.53 Å². The van der Waals surface area contributed by atoms with Gasteiger partial charge in [0.05, 0.1) is 19.3 Å². The number of carbonyl (C=O) groups is 2. The maximum atomic E-state index is 12.4. The van der Waals surface area contributed by atoms with Gasteiger partial charge in [-0.2, -0.15) is 0 Å². The molecule has 0 radical (unpaired) electrons. The van der Waals surface area contributed by atoms with Crippen molar-refractivity contribution in [2.45, 2.75) is 6.04 Å². The average molecular weight is 377 g/mol. The Morgan fingerprint density at radius 2 is 1.71 bits per heavy atom. The van der Waals surface area contributed by atoms with Gasteiger partial charge < -0.3 is 14.8 Å². The number of hydrogen-bond donors (Lipinski definition) is 1. The summed E-state index contributed by atoms with van der Waals surface area (Å²) in [6.07, 6.45) is 4.11. The summed E-state index contributed by atoms with van der Waals surface area (Å²) in [5.41, 5.74) is 1.83. The van der Waals surface area contributed by atoms with Crippen molar-refractivity contribution in [2.24, 2.45) is 0 Å². The molecule has 0 saturated carbocycles. The van der Waals surface area contributed by atoms with Crippen molar-refractivity contribution in [3.05, 3.63) is 90.0 Å². The third-order valence-electron chi connectivity index (χ3n) is 3.99. The van der Waals surface area contributed by atoms with Crippen molar-refractivity contribution in [3.63, 3.8) is 0 Å². The highest BCUT2D eigenvalue weighted by molar-refractivity contribution is 5.89. The zero-order valence-electron chi connectivity index (χ0n) is 15.2. The molecule has 1 heterocycles. The number of nitrogens with zero attached hydrogens (tertiary/aromatic N) is 2. The molecule has 142 valence electrons. The quantitative estimate of drug-likeness (QED) is 0.637. The fraction of sp³-hybridized carbons (Fsp3) is 0.143. The lowest BCUT2D eigenvalue weighted by atomic mass is 9.98. The van der Waals surface area contributed by atoms with Gasteiger partial charge in [-0.25, -0.2) is 9.78 Å². The third-order valence-corrected chi connectivity index (χ3v) is 3.99. The molecule has 3 aromatic rings. The van der Waals surface area contributed by atoms with Gasteiger partial charge in [-0.3, -0.25) is 9.78 Å². The van der Waals surface area contributed by atoms with Gasteiger partial charge in [0.15, 0.2) is 12.3 Å². The van der Waals surface area contributed by atoms with Crippen LogP contribution in [0.2, 0.25) is 0 Å². The average Bonchev–Trinajstić information content (AvgIpc) is 2.77. The van der Waals surface area contributed by atoms with Crippen LogP contribution >= 0.6 is 0 Å². The Labute approximate surface area is 162 Å². The van der Waals surface area contributed by atoms with E-state index < -0.39 is 24.5 Å². The van der Waals surface area contributed by atoms with E-state index in [0.717, 1.165) is 16.9 Å². The van der Waals surface area contributed by atoms with Crippen LogP contribution in [0.3, 0.4) is 0 Å². The number of methoxy groups -OCH3 is 1. The first-order valence-electron chi connectivity index (χ1n) is 8.59. The van der Waals surface area contributed by atoms with Crippen molar-refractivity contribution in [1.29, 1.82) is 0 Å². The molecule has 1 aromatic heterocycles. The van der Waals surface area contributed by atoms with Crippen molar-refractivity contribution in [3.8, 4) is 5.75 Å². The number of esters is 1. The molecular weight excluding hydrogens is 358 g/mol.